The molecule has 4 rings (SSSR count). The highest BCUT2D eigenvalue weighted by Gasteiger charge is 2.20. The van der Waals surface area contributed by atoms with Crippen LogP contribution in [0.15, 0.2) is 30.5 Å². The number of benzene rings is 1. The Labute approximate surface area is 178 Å². The van der Waals surface area contributed by atoms with E-state index in [0.29, 0.717) is 35.5 Å². The van der Waals surface area contributed by atoms with Crippen LogP contribution < -0.4 is 19.7 Å². The van der Waals surface area contributed by atoms with Crippen molar-refractivity contribution >= 4 is 38.3 Å². The second kappa shape index (κ2) is 8.85. The van der Waals surface area contributed by atoms with Gasteiger partial charge in [-0.25, -0.2) is 9.97 Å². The molecule has 3 aromatic rings. The molecule has 1 N–H and O–H groups in total. The van der Waals surface area contributed by atoms with Gasteiger partial charge in [-0.15, -0.1) is 0 Å². The van der Waals surface area contributed by atoms with E-state index in [2.05, 4.69) is 20.2 Å². The lowest BCUT2D eigenvalue weighted by atomic mass is 10.2. The van der Waals surface area contributed by atoms with Gasteiger partial charge < -0.3 is 19.1 Å². The molecule has 30 heavy (non-hydrogen) atoms. The van der Waals surface area contributed by atoms with Crippen LogP contribution in [0.1, 0.15) is 24.2 Å². The lowest BCUT2D eigenvalue weighted by Gasteiger charge is -2.29. The monoisotopic (exact) mass is 428 g/mol. The number of aromatic nitrogens is 2. The number of hydrogen-bond donors (Lipinski definition) is 1. The van der Waals surface area contributed by atoms with Crippen molar-refractivity contribution in [1.29, 1.82) is 0 Å². The Morgan fingerprint density at radius 1 is 1.27 bits per heavy atom. The standard InChI is InChI=1S/C21H24N4O4S/c1-13(2)29-17-12-14(6-7-22-17)20(26)24-21-23-18-16(27-3)5-4-15(19(18)30-21)25-8-10-28-11-9-25/h4-7,12-13H,8-11H2,1-3H3,(H,23,24,26). The molecule has 0 bridgehead atoms. The van der Waals surface area contributed by atoms with Gasteiger partial charge in [0.15, 0.2) is 5.13 Å². The molecule has 1 aliphatic rings. The lowest BCUT2D eigenvalue weighted by Crippen LogP contribution is -2.36. The smallest absolute Gasteiger partial charge is 0.257 e. The Morgan fingerprint density at radius 3 is 2.80 bits per heavy atom. The number of anilines is 2. The van der Waals surface area contributed by atoms with Crippen molar-refractivity contribution in [1.82, 2.24) is 9.97 Å². The van der Waals surface area contributed by atoms with Gasteiger partial charge in [0.05, 0.1) is 36.8 Å². The minimum atomic E-state index is -0.267. The molecule has 3 heterocycles. The molecule has 1 aromatic carbocycles. The van der Waals surface area contributed by atoms with E-state index in [1.807, 2.05) is 26.0 Å². The number of fused-ring (bicyclic) bond motifs is 1. The molecule has 1 fully saturated rings. The number of thiazole rings is 1. The molecule has 158 valence electrons. The van der Waals surface area contributed by atoms with E-state index in [9.17, 15) is 4.79 Å². The zero-order valence-electron chi connectivity index (χ0n) is 17.2. The molecular formula is C21H24N4O4S. The largest absolute Gasteiger partial charge is 0.494 e. The van der Waals surface area contributed by atoms with Gasteiger partial charge in [0, 0.05) is 30.9 Å². The zero-order chi connectivity index (χ0) is 21.1. The van der Waals surface area contributed by atoms with Crippen molar-refractivity contribution in [2.75, 3.05) is 43.6 Å². The normalized spacial score (nSPS) is 14.2. The van der Waals surface area contributed by atoms with Gasteiger partial charge in [-0.05, 0) is 32.0 Å². The number of morpholine rings is 1. The van der Waals surface area contributed by atoms with Crippen molar-refractivity contribution in [2.45, 2.75) is 20.0 Å². The summed E-state index contributed by atoms with van der Waals surface area (Å²) in [5.74, 6) is 0.825. The molecule has 1 saturated heterocycles. The van der Waals surface area contributed by atoms with Crippen molar-refractivity contribution < 1.29 is 19.0 Å². The summed E-state index contributed by atoms with van der Waals surface area (Å²) >= 11 is 1.43. The van der Waals surface area contributed by atoms with Crippen LogP contribution in [-0.4, -0.2) is 55.4 Å². The summed E-state index contributed by atoms with van der Waals surface area (Å²) in [6.45, 7) is 6.84. The predicted molar refractivity (Wildman–Crippen MR) is 117 cm³/mol. The summed E-state index contributed by atoms with van der Waals surface area (Å²) in [6, 6.07) is 7.23. The molecular weight excluding hydrogens is 404 g/mol. The van der Waals surface area contributed by atoms with E-state index >= 15 is 0 Å². The molecule has 0 unspecified atom stereocenters. The maximum Gasteiger partial charge on any atom is 0.257 e. The van der Waals surface area contributed by atoms with Crippen LogP contribution in [-0.2, 0) is 4.74 Å². The molecule has 9 heteroatoms. The van der Waals surface area contributed by atoms with Crippen LogP contribution in [0.2, 0.25) is 0 Å². The van der Waals surface area contributed by atoms with Crippen molar-refractivity contribution in [3.8, 4) is 11.6 Å². The molecule has 0 aliphatic carbocycles. The number of carbonyl (C=O) groups is 1. The minimum Gasteiger partial charge on any atom is -0.494 e. The van der Waals surface area contributed by atoms with Crippen molar-refractivity contribution in [2.24, 2.45) is 0 Å². The number of ether oxygens (including phenoxy) is 3. The van der Waals surface area contributed by atoms with E-state index in [4.69, 9.17) is 14.2 Å². The van der Waals surface area contributed by atoms with Gasteiger partial charge in [-0.2, -0.15) is 0 Å². The summed E-state index contributed by atoms with van der Waals surface area (Å²) in [6.07, 6.45) is 1.54. The van der Waals surface area contributed by atoms with Crippen molar-refractivity contribution in [3.63, 3.8) is 0 Å². The SMILES string of the molecule is COc1ccc(N2CCOCC2)c2sc(NC(=O)c3ccnc(OC(C)C)c3)nc12. The average Bonchev–Trinajstić information content (AvgIpc) is 3.17. The van der Waals surface area contributed by atoms with Crippen LogP contribution >= 0.6 is 11.3 Å². The number of hydrogen-bond acceptors (Lipinski definition) is 8. The molecule has 2 aromatic heterocycles. The van der Waals surface area contributed by atoms with Gasteiger partial charge in [-0.3, -0.25) is 10.1 Å². The van der Waals surface area contributed by atoms with E-state index in [1.54, 1.807) is 25.4 Å². The van der Waals surface area contributed by atoms with E-state index in [1.165, 1.54) is 11.3 Å². The van der Waals surface area contributed by atoms with Crippen LogP contribution in [0.25, 0.3) is 10.2 Å². The first-order valence-electron chi connectivity index (χ1n) is 9.79. The third kappa shape index (κ3) is 4.31. The fourth-order valence-electron chi connectivity index (χ4n) is 3.27. The Balaban J connectivity index is 1.62. The first-order chi connectivity index (χ1) is 14.5. The Hall–Kier alpha value is -2.91. The maximum atomic E-state index is 12.8. The summed E-state index contributed by atoms with van der Waals surface area (Å²) in [5.41, 5.74) is 2.27. The van der Waals surface area contributed by atoms with Gasteiger partial charge in [0.2, 0.25) is 5.88 Å². The molecule has 1 aliphatic heterocycles. The molecule has 0 saturated carbocycles. The summed E-state index contributed by atoms with van der Waals surface area (Å²) < 4.78 is 17.5. The number of nitrogens with one attached hydrogen (secondary N) is 1. The van der Waals surface area contributed by atoms with E-state index in [0.717, 1.165) is 29.0 Å². The highest BCUT2D eigenvalue weighted by molar-refractivity contribution is 7.23. The number of methoxy groups -OCH3 is 1. The fourth-order valence-corrected chi connectivity index (χ4v) is 4.29. The van der Waals surface area contributed by atoms with Crippen LogP contribution in [0.4, 0.5) is 10.8 Å². The third-order valence-electron chi connectivity index (χ3n) is 4.63. The van der Waals surface area contributed by atoms with Crippen molar-refractivity contribution in [3.05, 3.63) is 36.0 Å². The maximum absolute atomic E-state index is 12.8. The first-order valence-corrected chi connectivity index (χ1v) is 10.6. The second-order valence-corrected chi connectivity index (χ2v) is 8.09. The third-order valence-corrected chi connectivity index (χ3v) is 5.62. The highest BCUT2D eigenvalue weighted by Crippen LogP contribution is 2.39. The molecule has 8 nitrogen and oxygen atoms in total. The zero-order valence-corrected chi connectivity index (χ0v) is 18.0. The number of nitrogens with zero attached hydrogens (tertiary/aromatic N) is 3. The Morgan fingerprint density at radius 2 is 2.07 bits per heavy atom. The molecule has 0 radical (unpaired) electrons. The number of rotatable bonds is 6. The number of carbonyl (C=O) groups excluding carboxylic acids is 1. The minimum absolute atomic E-state index is 0.0221. The van der Waals surface area contributed by atoms with Gasteiger partial charge in [0.25, 0.3) is 5.91 Å². The lowest BCUT2D eigenvalue weighted by molar-refractivity contribution is 0.102. The predicted octanol–water partition coefficient (Wildman–Crippen LogP) is 3.58. The number of pyridine rings is 1. The van der Waals surface area contributed by atoms with Crippen LogP contribution in [0.3, 0.4) is 0 Å². The quantitative estimate of drug-likeness (QED) is 0.642. The average molecular weight is 429 g/mol. The Bertz CT molecular complexity index is 1050. The van der Waals surface area contributed by atoms with Crippen LogP contribution in [0, 0.1) is 0 Å². The molecule has 0 atom stereocenters. The van der Waals surface area contributed by atoms with E-state index in [-0.39, 0.29) is 12.0 Å². The highest BCUT2D eigenvalue weighted by atomic mass is 32.1. The molecule has 0 spiro atoms. The summed E-state index contributed by atoms with van der Waals surface area (Å²) in [7, 11) is 1.62. The van der Waals surface area contributed by atoms with Gasteiger partial charge in [0.1, 0.15) is 11.3 Å². The fraction of sp³-hybridized carbons (Fsp3) is 0.381. The van der Waals surface area contributed by atoms with Gasteiger partial charge >= 0.3 is 0 Å². The van der Waals surface area contributed by atoms with E-state index < -0.39 is 0 Å². The summed E-state index contributed by atoms with van der Waals surface area (Å²) in [5, 5.41) is 3.41. The van der Waals surface area contributed by atoms with Crippen LogP contribution in [0.5, 0.6) is 11.6 Å². The molecule has 1 amide bonds. The topological polar surface area (TPSA) is 85.8 Å². The second-order valence-electron chi connectivity index (χ2n) is 7.09. The van der Waals surface area contributed by atoms with Gasteiger partial charge in [-0.1, -0.05) is 11.3 Å². The number of amides is 1. The first kappa shape index (κ1) is 20.4. The summed E-state index contributed by atoms with van der Waals surface area (Å²) in [4.78, 5) is 23.8. The Kier molecular flexibility index (Phi) is 6.01.